The van der Waals surface area contributed by atoms with E-state index in [2.05, 4.69) is 12.1 Å². The predicted octanol–water partition coefficient (Wildman–Crippen LogP) is 2.09. The second-order valence-corrected chi connectivity index (χ2v) is 5.48. The number of hydrogen-bond acceptors (Lipinski definition) is 4. The fraction of sp³-hybridized carbons (Fsp3) is 0.769. The van der Waals surface area contributed by atoms with Crippen LogP contribution < -0.4 is 5.48 Å². The van der Waals surface area contributed by atoms with Crippen LogP contribution in [0.15, 0.2) is 12.7 Å². The van der Waals surface area contributed by atoms with Gasteiger partial charge in [0.25, 0.3) is 0 Å². The summed E-state index contributed by atoms with van der Waals surface area (Å²) in [6.07, 6.45) is 3.38. The Morgan fingerprint density at radius 3 is 2.89 bits per heavy atom. The molecule has 5 heteroatoms. The van der Waals surface area contributed by atoms with Crippen molar-refractivity contribution in [2.24, 2.45) is 0 Å². The van der Waals surface area contributed by atoms with E-state index < -0.39 is 5.60 Å². The van der Waals surface area contributed by atoms with Crippen molar-refractivity contribution < 1.29 is 14.4 Å². The van der Waals surface area contributed by atoms with Crippen LogP contribution in [0.3, 0.4) is 0 Å². The summed E-state index contributed by atoms with van der Waals surface area (Å²) in [7, 11) is 0. The summed E-state index contributed by atoms with van der Waals surface area (Å²) >= 11 is 0. The normalized spacial score (nSPS) is 20.6. The molecule has 1 fully saturated rings. The first-order valence-corrected chi connectivity index (χ1v) is 6.38. The maximum absolute atomic E-state index is 11.9. The fourth-order valence-corrected chi connectivity index (χ4v) is 1.79. The monoisotopic (exact) mass is 256 g/mol. The van der Waals surface area contributed by atoms with Crippen molar-refractivity contribution in [2.45, 2.75) is 45.3 Å². The van der Waals surface area contributed by atoms with E-state index in [1.54, 1.807) is 11.0 Å². The number of nitrogens with one attached hydrogen (secondary N) is 1. The highest BCUT2D eigenvalue weighted by atomic mass is 16.6. The van der Waals surface area contributed by atoms with Gasteiger partial charge >= 0.3 is 6.09 Å². The highest BCUT2D eigenvalue weighted by Gasteiger charge is 2.27. The minimum Gasteiger partial charge on any atom is -0.444 e. The molecule has 0 aliphatic carbocycles. The summed E-state index contributed by atoms with van der Waals surface area (Å²) in [5.41, 5.74) is 2.50. The molecule has 0 bridgehead atoms. The lowest BCUT2D eigenvalue weighted by Crippen LogP contribution is -2.49. The molecule has 1 saturated heterocycles. The first-order chi connectivity index (χ1) is 8.42. The van der Waals surface area contributed by atoms with Crippen molar-refractivity contribution in [3.05, 3.63) is 12.7 Å². The lowest BCUT2D eigenvalue weighted by atomic mass is 10.1. The van der Waals surface area contributed by atoms with Gasteiger partial charge in [-0.3, -0.25) is 4.84 Å². The van der Waals surface area contributed by atoms with Crippen LogP contribution in [0.1, 0.15) is 33.6 Å². The standard InChI is InChI=1S/C13H24N2O3/c1-5-9-17-14-11-7-6-8-15(10-11)12(16)18-13(2,3)4/h5,11,14H,1,6-10H2,2-4H3. The molecular weight excluding hydrogens is 232 g/mol. The maximum atomic E-state index is 11.9. The molecule has 0 aromatic rings. The van der Waals surface area contributed by atoms with Crippen LogP contribution in [-0.4, -0.2) is 42.3 Å². The van der Waals surface area contributed by atoms with Crippen LogP contribution in [0.2, 0.25) is 0 Å². The molecule has 1 aliphatic rings. The van der Waals surface area contributed by atoms with Crippen LogP contribution in [0.4, 0.5) is 4.79 Å². The van der Waals surface area contributed by atoms with E-state index in [-0.39, 0.29) is 12.1 Å². The SMILES string of the molecule is C=CCONC1CCCN(C(=O)OC(C)(C)C)C1. The maximum Gasteiger partial charge on any atom is 0.410 e. The van der Waals surface area contributed by atoms with E-state index >= 15 is 0 Å². The molecule has 0 spiro atoms. The van der Waals surface area contributed by atoms with Crippen molar-refractivity contribution in [3.8, 4) is 0 Å². The van der Waals surface area contributed by atoms with Gasteiger partial charge in [-0.1, -0.05) is 6.08 Å². The largest absolute Gasteiger partial charge is 0.444 e. The minimum absolute atomic E-state index is 0.159. The number of carbonyl (C=O) groups excluding carboxylic acids is 1. The molecule has 1 amide bonds. The average Bonchev–Trinajstić information content (AvgIpc) is 2.27. The average molecular weight is 256 g/mol. The van der Waals surface area contributed by atoms with Gasteiger partial charge in [-0.25, -0.2) is 4.79 Å². The first-order valence-electron chi connectivity index (χ1n) is 6.38. The van der Waals surface area contributed by atoms with Gasteiger partial charge in [0.2, 0.25) is 0 Å². The molecule has 1 heterocycles. The van der Waals surface area contributed by atoms with Gasteiger partial charge in [-0.2, -0.15) is 5.48 Å². The zero-order chi connectivity index (χ0) is 13.6. The number of amides is 1. The highest BCUT2D eigenvalue weighted by molar-refractivity contribution is 5.68. The Morgan fingerprint density at radius 1 is 1.56 bits per heavy atom. The van der Waals surface area contributed by atoms with E-state index in [0.717, 1.165) is 19.4 Å². The molecule has 1 atom stereocenters. The number of hydroxylamine groups is 1. The van der Waals surface area contributed by atoms with Gasteiger partial charge in [-0.15, -0.1) is 6.58 Å². The summed E-state index contributed by atoms with van der Waals surface area (Å²) < 4.78 is 5.35. The van der Waals surface area contributed by atoms with Gasteiger partial charge in [0.05, 0.1) is 12.6 Å². The molecule has 1 unspecified atom stereocenters. The lowest BCUT2D eigenvalue weighted by molar-refractivity contribution is -0.00671. The first kappa shape index (κ1) is 15.0. The van der Waals surface area contributed by atoms with Crippen molar-refractivity contribution in [2.75, 3.05) is 19.7 Å². The van der Waals surface area contributed by atoms with Crippen molar-refractivity contribution in [3.63, 3.8) is 0 Å². The fourth-order valence-electron chi connectivity index (χ4n) is 1.79. The third kappa shape index (κ3) is 5.51. The summed E-state index contributed by atoms with van der Waals surface area (Å²) in [6, 6.07) is 0.159. The number of carbonyl (C=O) groups is 1. The number of hydrogen-bond donors (Lipinski definition) is 1. The van der Waals surface area contributed by atoms with E-state index in [9.17, 15) is 4.79 Å². The van der Waals surface area contributed by atoms with E-state index in [1.165, 1.54) is 0 Å². The summed E-state index contributed by atoms with van der Waals surface area (Å²) in [5, 5.41) is 0. The van der Waals surface area contributed by atoms with Gasteiger partial charge in [0.15, 0.2) is 0 Å². The number of piperidine rings is 1. The molecule has 5 nitrogen and oxygen atoms in total. The Labute approximate surface area is 109 Å². The minimum atomic E-state index is -0.448. The highest BCUT2D eigenvalue weighted by Crippen LogP contribution is 2.15. The molecule has 0 saturated carbocycles. The molecule has 104 valence electrons. The molecule has 1 N–H and O–H groups in total. The molecule has 0 radical (unpaired) electrons. The molecule has 1 rings (SSSR count). The Bertz CT molecular complexity index is 286. The van der Waals surface area contributed by atoms with Gasteiger partial charge in [0, 0.05) is 13.1 Å². The van der Waals surface area contributed by atoms with Crippen LogP contribution >= 0.6 is 0 Å². The van der Waals surface area contributed by atoms with Crippen molar-refractivity contribution >= 4 is 6.09 Å². The van der Waals surface area contributed by atoms with E-state index in [1.807, 2.05) is 20.8 Å². The summed E-state index contributed by atoms with van der Waals surface area (Å²) in [4.78, 5) is 18.8. The number of nitrogens with zero attached hydrogens (tertiary/aromatic N) is 1. The number of ether oxygens (including phenoxy) is 1. The lowest BCUT2D eigenvalue weighted by Gasteiger charge is -2.34. The number of rotatable bonds is 4. The number of likely N-dealkylation sites (tertiary alicyclic amines) is 1. The Hall–Kier alpha value is -1.07. The van der Waals surface area contributed by atoms with Gasteiger partial charge < -0.3 is 9.64 Å². The van der Waals surface area contributed by atoms with Crippen molar-refractivity contribution in [1.29, 1.82) is 0 Å². The summed E-state index contributed by atoms with van der Waals surface area (Å²) in [5.74, 6) is 0. The predicted molar refractivity (Wildman–Crippen MR) is 70.1 cm³/mol. The van der Waals surface area contributed by atoms with Crippen LogP contribution in [0.5, 0.6) is 0 Å². The second kappa shape index (κ2) is 6.75. The molecule has 1 aliphatic heterocycles. The second-order valence-electron chi connectivity index (χ2n) is 5.48. The zero-order valence-corrected chi connectivity index (χ0v) is 11.6. The Morgan fingerprint density at radius 2 is 2.28 bits per heavy atom. The molecular formula is C13H24N2O3. The smallest absolute Gasteiger partial charge is 0.410 e. The zero-order valence-electron chi connectivity index (χ0n) is 11.6. The topological polar surface area (TPSA) is 50.8 Å². The van der Waals surface area contributed by atoms with Gasteiger partial charge in [-0.05, 0) is 33.6 Å². The van der Waals surface area contributed by atoms with Gasteiger partial charge in [0.1, 0.15) is 5.60 Å². The quantitative estimate of drug-likeness (QED) is 0.475. The molecule has 0 aromatic carbocycles. The van der Waals surface area contributed by atoms with Crippen molar-refractivity contribution in [1.82, 2.24) is 10.4 Å². The van der Waals surface area contributed by atoms with Crippen LogP contribution in [0, 0.1) is 0 Å². The Kier molecular flexibility index (Phi) is 5.62. The van der Waals surface area contributed by atoms with E-state index in [0.29, 0.717) is 13.2 Å². The summed E-state index contributed by atoms with van der Waals surface area (Å²) in [6.45, 7) is 11.0. The third-order valence-electron chi connectivity index (χ3n) is 2.52. The molecule has 18 heavy (non-hydrogen) atoms. The van der Waals surface area contributed by atoms with Crippen LogP contribution in [-0.2, 0) is 9.57 Å². The Balaban J connectivity index is 2.38. The third-order valence-corrected chi connectivity index (χ3v) is 2.52. The van der Waals surface area contributed by atoms with Crippen LogP contribution in [0.25, 0.3) is 0 Å². The van der Waals surface area contributed by atoms with E-state index in [4.69, 9.17) is 9.57 Å². The molecule has 0 aromatic heterocycles.